The van der Waals surface area contributed by atoms with Gasteiger partial charge in [0, 0.05) is 43.1 Å². The fourth-order valence-corrected chi connectivity index (χ4v) is 4.44. The van der Waals surface area contributed by atoms with Crippen LogP contribution in [-0.4, -0.2) is 38.1 Å². The fraction of sp³-hybridized carbons (Fsp3) is 0.318. The number of nitrogens with one attached hydrogen (secondary N) is 2. The number of anilines is 2. The summed E-state index contributed by atoms with van der Waals surface area (Å²) in [6.07, 6.45) is 5.83. The number of thiocarbonyl (C=S) groups is 1. The van der Waals surface area contributed by atoms with Gasteiger partial charge in [-0.25, -0.2) is 15.0 Å². The van der Waals surface area contributed by atoms with E-state index < -0.39 is 0 Å². The van der Waals surface area contributed by atoms with Crippen LogP contribution in [0.4, 0.5) is 11.8 Å². The summed E-state index contributed by atoms with van der Waals surface area (Å²) < 4.78 is 0. The first-order valence-corrected chi connectivity index (χ1v) is 12.0. The zero-order valence-electron chi connectivity index (χ0n) is 17.7. The Labute approximate surface area is 202 Å². The zero-order chi connectivity index (χ0) is 22.3. The average molecular weight is 486 g/mol. The van der Waals surface area contributed by atoms with Crippen molar-refractivity contribution in [2.75, 3.05) is 23.3 Å². The van der Waals surface area contributed by atoms with E-state index in [0.717, 1.165) is 35.9 Å². The number of hydrogen-bond acceptors (Lipinski definition) is 7. The molecular formula is C22H24ClN7S2. The molecule has 1 aromatic carbocycles. The van der Waals surface area contributed by atoms with Gasteiger partial charge >= 0.3 is 0 Å². The van der Waals surface area contributed by atoms with Crippen molar-refractivity contribution in [2.24, 2.45) is 5.92 Å². The molecule has 1 saturated heterocycles. The van der Waals surface area contributed by atoms with Crippen molar-refractivity contribution in [2.45, 2.75) is 36.5 Å². The normalized spacial score (nSPS) is 15.9. The Morgan fingerprint density at radius 1 is 1.22 bits per heavy atom. The lowest BCUT2D eigenvalue weighted by atomic mass is 10.0. The standard InChI is InChI=1S/C22H24ClN7S2/c1-15-4-2-11-30(14-15)18-12-19(32-22-24-9-3-10-25-22)28-20(27-18)29-21(31)26-13-16-5-7-17(23)8-6-16/h3,5-10,12,15H,2,4,11,13-14H2,1H3,(H2,26,27,28,29,31)/t15-/m1/s1. The van der Waals surface area contributed by atoms with E-state index in [1.807, 2.05) is 30.3 Å². The van der Waals surface area contributed by atoms with Crippen LogP contribution < -0.4 is 15.5 Å². The first kappa shape index (κ1) is 22.7. The molecule has 1 aliphatic rings. The molecule has 0 bridgehead atoms. The molecule has 2 aromatic heterocycles. The molecule has 1 aliphatic heterocycles. The highest BCUT2D eigenvalue weighted by atomic mass is 35.5. The van der Waals surface area contributed by atoms with Crippen molar-refractivity contribution < 1.29 is 0 Å². The fourth-order valence-electron chi connectivity index (χ4n) is 3.44. The van der Waals surface area contributed by atoms with Gasteiger partial charge < -0.3 is 15.5 Å². The van der Waals surface area contributed by atoms with E-state index >= 15 is 0 Å². The Hall–Kier alpha value is -2.49. The minimum Gasteiger partial charge on any atom is -0.358 e. The maximum atomic E-state index is 5.95. The Morgan fingerprint density at radius 2 is 2.00 bits per heavy atom. The highest BCUT2D eigenvalue weighted by Gasteiger charge is 2.20. The molecule has 0 unspecified atom stereocenters. The molecule has 10 heteroatoms. The van der Waals surface area contributed by atoms with Crippen LogP contribution in [0.2, 0.25) is 5.02 Å². The second-order valence-corrected chi connectivity index (χ2v) is 9.48. The van der Waals surface area contributed by atoms with Gasteiger partial charge in [0.25, 0.3) is 0 Å². The van der Waals surface area contributed by atoms with Crippen LogP contribution in [0.15, 0.2) is 59.0 Å². The molecule has 7 nitrogen and oxygen atoms in total. The van der Waals surface area contributed by atoms with Crippen LogP contribution in [0.5, 0.6) is 0 Å². The van der Waals surface area contributed by atoms with Gasteiger partial charge in [-0.1, -0.05) is 30.7 Å². The maximum absolute atomic E-state index is 5.95. The van der Waals surface area contributed by atoms with Gasteiger partial charge in [0.05, 0.1) is 0 Å². The van der Waals surface area contributed by atoms with Crippen LogP contribution in [0.3, 0.4) is 0 Å². The topological polar surface area (TPSA) is 78.9 Å². The minimum atomic E-state index is 0.452. The Kier molecular flexibility index (Phi) is 7.72. The molecule has 0 radical (unpaired) electrons. The SMILES string of the molecule is C[C@@H]1CCCN(c2cc(Sc3ncccn3)nc(NC(=S)NCc3ccc(Cl)cc3)n2)C1. The molecule has 1 fully saturated rings. The number of benzene rings is 1. The second-order valence-electron chi connectivity index (χ2n) is 7.65. The molecule has 2 N–H and O–H groups in total. The van der Waals surface area contributed by atoms with Crippen molar-refractivity contribution in [3.63, 3.8) is 0 Å². The van der Waals surface area contributed by atoms with Crippen LogP contribution >= 0.6 is 35.6 Å². The average Bonchev–Trinajstić information content (AvgIpc) is 2.79. The summed E-state index contributed by atoms with van der Waals surface area (Å²) >= 11 is 12.8. The minimum absolute atomic E-state index is 0.452. The predicted octanol–water partition coefficient (Wildman–Crippen LogP) is 4.79. The third-order valence-corrected chi connectivity index (χ3v) is 6.31. The second kappa shape index (κ2) is 10.9. The summed E-state index contributed by atoms with van der Waals surface area (Å²) in [6, 6.07) is 11.4. The van der Waals surface area contributed by atoms with Crippen LogP contribution in [0, 0.1) is 5.92 Å². The quantitative estimate of drug-likeness (QED) is 0.291. The molecule has 3 heterocycles. The van der Waals surface area contributed by atoms with E-state index in [2.05, 4.69) is 37.4 Å². The smallest absolute Gasteiger partial charge is 0.232 e. The Bertz CT molecular complexity index is 1050. The van der Waals surface area contributed by atoms with Gasteiger partial charge in [-0.15, -0.1) is 0 Å². The van der Waals surface area contributed by atoms with Crippen molar-refractivity contribution in [3.05, 3.63) is 59.4 Å². The van der Waals surface area contributed by atoms with E-state index in [0.29, 0.717) is 33.7 Å². The summed E-state index contributed by atoms with van der Waals surface area (Å²) in [5.74, 6) is 1.96. The molecule has 4 rings (SSSR count). The van der Waals surface area contributed by atoms with Crippen molar-refractivity contribution in [1.29, 1.82) is 0 Å². The van der Waals surface area contributed by atoms with Gasteiger partial charge in [-0.2, -0.15) is 4.98 Å². The number of rotatable bonds is 6. The highest BCUT2D eigenvalue weighted by molar-refractivity contribution is 7.99. The molecule has 0 aliphatic carbocycles. The largest absolute Gasteiger partial charge is 0.358 e. The molecule has 1 atom stereocenters. The summed E-state index contributed by atoms with van der Waals surface area (Å²) in [4.78, 5) is 20.3. The van der Waals surface area contributed by atoms with Gasteiger partial charge in [-0.05, 0) is 66.5 Å². The molecular weight excluding hydrogens is 462 g/mol. The number of hydrogen-bond donors (Lipinski definition) is 2. The number of nitrogens with zero attached hydrogens (tertiary/aromatic N) is 5. The van der Waals surface area contributed by atoms with Gasteiger partial charge in [0.2, 0.25) is 5.95 Å². The van der Waals surface area contributed by atoms with Crippen LogP contribution in [-0.2, 0) is 6.54 Å². The summed E-state index contributed by atoms with van der Waals surface area (Å²) in [5, 5.41) is 8.89. The summed E-state index contributed by atoms with van der Waals surface area (Å²) in [7, 11) is 0. The first-order chi connectivity index (χ1) is 15.5. The van der Waals surface area contributed by atoms with Crippen molar-refractivity contribution in [1.82, 2.24) is 25.3 Å². The lowest BCUT2D eigenvalue weighted by Gasteiger charge is -2.32. The van der Waals surface area contributed by atoms with Crippen LogP contribution in [0.25, 0.3) is 0 Å². The lowest BCUT2D eigenvalue weighted by Crippen LogP contribution is -2.35. The molecule has 166 valence electrons. The summed E-state index contributed by atoms with van der Waals surface area (Å²) in [5.41, 5.74) is 1.08. The molecule has 0 amide bonds. The molecule has 3 aromatic rings. The van der Waals surface area contributed by atoms with Gasteiger partial charge in [-0.3, -0.25) is 0 Å². The lowest BCUT2D eigenvalue weighted by molar-refractivity contribution is 0.444. The molecule has 0 saturated carbocycles. The Morgan fingerprint density at radius 3 is 2.75 bits per heavy atom. The van der Waals surface area contributed by atoms with Crippen molar-refractivity contribution in [3.8, 4) is 0 Å². The van der Waals surface area contributed by atoms with Gasteiger partial charge in [0.1, 0.15) is 10.8 Å². The summed E-state index contributed by atoms with van der Waals surface area (Å²) in [6.45, 7) is 4.80. The monoisotopic (exact) mass is 485 g/mol. The number of halogens is 1. The number of piperidine rings is 1. The third kappa shape index (κ3) is 6.51. The van der Waals surface area contributed by atoms with E-state index in [4.69, 9.17) is 28.8 Å². The van der Waals surface area contributed by atoms with E-state index in [9.17, 15) is 0 Å². The first-order valence-electron chi connectivity index (χ1n) is 10.4. The molecule has 0 spiro atoms. The van der Waals surface area contributed by atoms with Crippen molar-refractivity contribution >= 4 is 52.5 Å². The highest BCUT2D eigenvalue weighted by Crippen LogP contribution is 2.29. The molecule has 32 heavy (non-hydrogen) atoms. The maximum Gasteiger partial charge on any atom is 0.232 e. The van der Waals surface area contributed by atoms with E-state index in [1.165, 1.54) is 18.2 Å². The van der Waals surface area contributed by atoms with E-state index in [1.54, 1.807) is 18.5 Å². The van der Waals surface area contributed by atoms with Gasteiger partial charge in [0.15, 0.2) is 10.3 Å². The van der Waals surface area contributed by atoms with E-state index in [-0.39, 0.29) is 0 Å². The zero-order valence-corrected chi connectivity index (χ0v) is 20.1. The predicted molar refractivity (Wildman–Crippen MR) is 133 cm³/mol. The Balaban J connectivity index is 1.50. The number of aromatic nitrogens is 4. The third-order valence-electron chi connectivity index (χ3n) is 5.00. The van der Waals surface area contributed by atoms with Crippen LogP contribution in [0.1, 0.15) is 25.3 Å².